The molecule has 0 aliphatic heterocycles. The third-order valence-electron chi connectivity index (χ3n) is 3.43. The van der Waals surface area contributed by atoms with Crippen LogP contribution in [0.4, 0.5) is 0 Å². The van der Waals surface area contributed by atoms with E-state index in [1.54, 1.807) is 0 Å². The summed E-state index contributed by atoms with van der Waals surface area (Å²) in [5, 5.41) is 8.01. The molecule has 1 aromatic carbocycles. The number of guanidine groups is 1. The van der Waals surface area contributed by atoms with Crippen molar-refractivity contribution in [2.24, 2.45) is 4.99 Å². The molecular weight excluding hydrogens is 260 g/mol. The number of aromatic nitrogens is 1. The summed E-state index contributed by atoms with van der Waals surface area (Å²) in [6.45, 7) is 6.95. The van der Waals surface area contributed by atoms with Crippen LogP contribution in [-0.2, 0) is 6.42 Å². The number of H-pyrrole nitrogens is 1. The average Bonchev–Trinajstić information content (AvgIpc) is 2.92. The Morgan fingerprint density at radius 1 is 1.19 bits per heavy atom. The van der Waals surface area contributed by atoms with Crippen LogP contribution in [0, 0.1) is 0 Å². The van der Waals surface area contributed by atoms with E-state index < -0.39 is 0 Å². The van der Waals surface area contributed by atoms with Crippen LogP contribution in [0.25, 0.3) is 10.9 Å². The van der Waals surface area contributed by atoms with Crippen LogP contribution in [-0.4, -0.2) is 30.6 Å². The normalized spacial score (nSPS) is 11.8. The second-order valence-electron chi connectivity index (χ2n) is 5.15. The number of rotatable bonds is 7. The number of aliphatic imine (C=N–C) groups is 1. The highest BCUT2D eigenvalue weighted by atomic mass is 15.2. The molecule has 4 nitrogen and oxygen atoms in total. The van der Waals surface area contributed by atoms with E-state index >= 15 is 0 Å². The van der Waals surface area contributed by atoms with Crippen molar-refractivity contribution in [2.75, 3.05) is 19.6 Å². The van der Waals surface area contributed by atoms with E-state index in [-0.39, 0.29) is 0 Å². The number of hydrogen-bond acceptors (Lipinski definition) is 1. The molecule has 0 saturated heterocycles. The molecule has 0 aliphatic carbocycles. The number of aryl methyl sites for hydroxylation is 1. The highest BCUT2D eigenvalue weighted by Crippen LogP contribution is 2.18. The van der Waals surface area contributed by atoms with E-state index in [1.807, 2.05) is 0 Å². The first-order chi connectivity index (χ1) is 10.3. The Hall–Kier alpha value is -1.97. The molecule has 1 aromatic heterocycles. The average molecular weight is 286 g/mol. The Morgan fingerprint density at radius 2 is 2.05 bits per heavy atom. The van der Waals surface area contributed by atoms with Crippen LogP contribution in [0.15, 0.2) is 35.5 Å². The zero-order chi connectivity index (χ0) is 14.9. The van der Waals surface area contributed by atoms with Gasteiger partial charge in [-0.25, -0.2) is 0 Å². The first-order valence-electron chi connectivity index (χ1n) is 7.92. The van der Waals surface area contributed by atoms with Crippen LogP contribution >= 0.6 is 0 Å². The number of nitrogens with one attached hydrogen (secondary N) is 3. The summed E-state index contributed by atoms with van der Waals surface area (Å²) >= 11 is 0. The van der Waals surface area contributed by atoms with Gasteiger partial charge in [0.05, 0.1) is 0 Å². The van der Waals surface area contributed by atoms with Gasteiger partial charge in [0.25, 0.3) is 0 Å². The first-order valence-corrected chi connectivity index (χ1v) is 7.92. The molecule has 0 aliphatic rings. The lowest BCUT2D eigenvalue weighted by atomic mass is 10.1. The number of para-hydroxylation sites is 1. The van der Waals surface area contributed by atoms with E-state index in [0.29, 0.717) is 0 Å². The molecule has 0 amide bonds. The van der Waals surface area contributed by atoms with Crippen molar-refractivity contribution in [3.8, 4) is 0 Å². The Bertz CT molecular complexity index is 571. The van der Waals surface area contributed by atoms with Gasteiger partial charge in [0.15, 0.2) is 5.96 Å². The lowest BCUT2D eigenvalue weighted by Crippen LogP contribution is -2.38. The molecule has 0 unspecified atom stereocenters. The minimum atomic E-state index is 0.873. The third kappa shape index (κ3) is 4.52. The van der Waals surface area contributed by atoms with E-state index in [4.69, 9.17) is 0 Å². The Morgan fingerprint density at radius 3 is 2.86 bits per heavy atom. The first kappa shape index (κ1) is 15.4. The quantitative estimate of drug-likeness (QED) is 0.416. The second-order valence-corrected chi connectivity index (χ2v) is 5.15. The van der Waals surface area contributed by atoms with Gasteiger partial charge >= 0.3 is 0 Å². The number of benzene rings is 1. The number of fused-ring (bicyclic) bond motifs is 1. The maximum atomic E-state index is 4.50. The fourth-order valence-electron chi connectivity index (χ4n) is 2.39. The van der Waals surface area contributed by atoms with E-state index in [1.165, 1.54) is 16.5 Å². The zero-order valence-corrected chi connectivity index (χ0v) is 13.1. The van der Waals surface area contributed by atoms with Crippen LogP contribution in [0.1, 0.15) is 32.3 Å². The van der Waals surface area contributed by atoms with Crippen molar-refractivity contribution < 1.29 is 0 Å². The fourth-order valence-corrected chi connectivity index (χ4v) is 2.39. The van der Waals surface area contributed by atoms with Gasteiger partial charge in [-0.15, -0.1) is 0 Å². The number of hydrogen-bond donors (Lipinski definition) is 3. The molecular formula is C17H26N4. The molecule has 4 heteroatoms. The van der Waals surface area contributed by atoms with Crippen molar-refractivity contribution in [1.82, 2.24) is 15.6 Å². The van der Waals surface area contributed by atoms with E-state index in [9.17, 15) is 0 Å². The molecule has 0 bridgehead atoms. The Labute approximate surface area is 127 Å². The zero-order valence-electron chi connectivity index (χ0n) is 13.1. The standard InChI is InChI=1S/C17H26N4/c1-3-11-19-17(18-4-2)20-12-7-8-14-13-21-16-10-6-5-9-15(14)16/h5-6,9-10,13,21H,3-4,7-8,11-12H2,1-2H3,(H2,18,19,20). The SMILES string of the molecule is CCCN=C(NCC)NCCCc1c[nH]c2ccccc12. The lowest BCUT2D eigenvalue weighted by molar-refractivity contribution is 0.743. The molecule has 0 radical (unpaired) electrons. The second kappa shape index (κ2) is 8.35. The van der Waals surface area contributed by atoms with Gasteiger partial charge in [-0.1, -0.05) is 25.1 Å². The fraction of sp³-hybridized carbons (Fsp3) is 0.471. The monoisotopic (exact) mass is 286 g/mol. The molecule has 0 saturated carbocycles. The van der Waals surface area contributed by atoms with E-state index in [0.717, 1.165) is 44.9 Å². The van der Waals surface area contributed by atoms with Crippen molar-refractivity contribution in [3.05, 3.63) is 36.0 Å². The predicted octanol–water partition coefficient (Wildman–Crippen LogP) is 3.07. The van der Waals surface area contributed by atoms with Gasteiger partial charge in [-0.2, -0.15) is 0 Å². The summed E-state index contributed by atoms with van der Waals surface area (Å²) < 4.78 is 0. The molecule has 1 heterocycles. The van der Waals surface area contributed by atoms with Gasteiger partial charge in [0, 0.05) is 36.7 Å². The molecule has 2 aromatic rings. The smallest absolute Gasteiger partial charge is 0.191 e. The summed E-state index contributed by atoms with van der Waals surface area (Å²) in [5.41, 5.74) is 2.61. The minimum Gasteiger partial charge on any atom is -0.361 e. The van der Waals surface area contributed by atoms with E-state index in [2.05, 4.69) is 64.9 Å². The Balaban J connectivity index is 1.81. The highest BCUT2D eigenvalue weighted by molar-refractivity contribution is 5.83. The van der Waals surface area contributed by atoms with Crippen LogP contribution in [0.3, 0.4) is 0 Å². The summed E-state index contributed by atoms with van der Waals surface area (Å²) in [7, 11) is 0. The van der Waals surface area contributed by atoms with Crippen molar-refractivity contribution in [2.45, 2.75) is 33.1 Å². The molecule has 0 fully saturated rings. The van der Waals surface area contributed by atoms with Gasteiger partial charge in [0.2, 0.25) is 0 Å². The molecule has 21 heavy (non-hydrogen) atoms. The number of nitrogens with zero attached hydrogens (tertiary/aromatic N) is 1. The highest BCUT2D eigenvalue weighted by Gasteiger charge is 2.02. The maximum absolute atomic E-state index is 4.50. The van der Waals surface area contributed by atoms with Crippen molar-refractivity contribution in [1.29, 1.82) is 0 Å². The molecule has 0 spiro atoms. The molecule has 3 N–H and O–H groups in total. The van der Waals surface area contributed by atoms with Gasteiger partial charge in [-0.3, -0.25) is 4.99 Å². The topological polar surface area (TPSA) is 52.2 Å². The third-order valence-corrected chi connectivity index (χ3v) is 3.43. The summed E-state index contributed by atoms with van der Waals surface area (Å²) in [6, 6.07) is 8.47. The maximum Gasteiger partial charge on any atom is 0.191 e. The van der Waals surface area contributed by atoms with Crippen LogP contribution < -0.4 is 10.6 Å². The number of aromatic amines is 1. The summed E-state index contributed by atoms with van der Waals surface area (Å²) in [6.07, 6.45) is 5.37. The lowest BCUT2D eigenvalue weighted by Gasteiger charge is -2.10. The molecule has 2 rings (SSSR count). The van der Waals surface area contributed by atoms with Gasteiger partial charge in [-0.05, 0) is 37.8 Å². The van der Waals surface area contributed by atoms with Gasteiger partial charge in [0.1, 0.15) is 0 Å². The largest absolute Gasteiger partial charge is 0.361 e. The van der Waals surface area contributed by atoms with Crippen LogP contribution in [0.2, 0.25) is 0 Å². The summed E-state index contributed by atoms with van der Waals surface area (Å²) in [5.74, 6) is 0.929. The molecule has 114 valence electrons. The Kier molecular flexibility index (Phi) is 6.13. The van der Waals surface area contributed by atoms with Crippen LogP contribution in [0.5, 0.6) is 0 Å². The minimum absolute atomic E-state index is 0.873. The van der Waals surface area contributed by atoms with Gasteiger partial charge < -0.3 is 15.6 Å². The van der Waals surface area contributed by atoms with Crippen molar-refractivity contribution >= 4 is 16.9 Å². The predicted molar refractivity (Wildman–Crippen MR) is 90.9 cm³/mol. The molecule has 0 atom stereocenters. The summed E-state index contributed by atoms with van der Waals surface area (Å²) in [4.78, 5) is 7.83. The van der Waals surface area contributed by atoms with Crippen molar-refractivity contribution in [3.63, 3.8) is 0 Å².